The Bertz CT molecular complexity index is 1050. The van der Waals surface area contributed by atoms with Gasteiger partial charge in [-0.15, -0.1) is 11.8 Å². The van der Waals surface area contributed by atoms with Crippen LogP contribution in [0.15, 0.2) is 52.4 Å². The standard InChI is InChI=1S/C18H17N3O4S2/c1-25-10-9-20-15-11-13(21(23)24)5-8-16(15)27-18(20)19-17(22)12-3-6-14(26-2)7-4-12/h3-8,11H,9-10H2,1-2H3. The third-order valence-electron chi connectivity index (χ3n) is 3.93. The molecule has 0 spiro atoms. The zero-order valence-electron chi connectivity index (χ0n) is 14.7. The molecule has 0 unspecified atom stereocenters. The molecule has 0 fully saturated rings. The number of rotatable bonds is 6. The number of hydrogen-bond acceptors (Lipinski definition) is 6. The Kier molecular flexibility index (Phi) is 6.04. The summed E-state index contributed by atoms with van der Waals surface area (Å²) < 4.78 is 7.74. The summed E-state index contributed by atoms with van der Waals surface area (Å²) in [6.45, 7) is 0.841. The Morgan fingerprint density at radius 3 is 2.67 bits per heavy atom. The first-order chi connectivity index (χ1) is 13.0. The van der Waals surface area contributed by atoms with Crippen molar-refractivity contribution in [1.82, 2.24) is 4.57 Å². The summed E-state index contributed by atoms with van der Waals surface area (Å²) in [4.78, 5) is 29.0. The molecule has 3 rings (SSSR count). The lowest BCUT2D eigenvalue weighted by atomic mass is 10.2. The fourth-order valence-electron chi connectivity index (χ4n) is 2.54. The van der Waals surface area contributed by atoms with Crippen LogP contribution in [0, 0.1) is 10.1 Å². The fraction of sp³-hybridized carbons (Fsp3) is 0.222. The second kappa shape index (κ2) is 8.47. The van der Waals surface area contributed by atoms with Crippen LogP contribution < -0.4 is 4.80 Å². The maximum Gasteiger partial charge on any atom is 0.279 e. The second-order valence-corrected chi connectivity index (χ2v) is 7.47. The van der Waals surface area contributed by atoms with Gasteiger partial charge in [-0.2, -0.15) is 4.99 Å². The number of fused-ring (bicyclic) bond motifs is 1. The van der Waals surface area contributed by atoms with Crippen LogP contribution in [0.5, 0.6) is 0 Å². The second-order valence-electron chi connectivity index (χ2n) is 5.58. The van der Waals surface area contributed by atoms with Gasteiger partial charge in [0.15, 0.2) is 4.80 Å². The number of non-ortho nitro benzene ring substituents is 1. The van der Waals surface area contributed by atoms with Gasteiger partial charge in [0, 0.05) is 36.2 Å². The number of ether oxygens (including phenoxy) is 1. The molecule has 0 atom stereocenters. The van der Waals surface area contributed by atoms with E-state index in [4.69, 9.17) is 4.74 Å². The number of nitro groups is 1. The molecule has 0 N–H and O–H groups in total. The Hall–Kier alpha value is -2.49. The van der Waals surface area contributed by atoms with Crippen LogP contribution >= 0.6 is 23.1 Å². The van der Waals surface area contributed by atoms with Gasteiger partial charge in [0.1, 0.15) is 0 Å². The highest BCUT2D eigenvalue weighted by atomic mass is 32.2. The van der Waals surface area contributed by atoms with Gasteiger partial charge in [0.25, 0.3) is 11.6 Å². The Balaban J connectivity index is 2.08. The van der Waals surface area contributed by atoms with Crippen molar-refractivity contribution in [2.75, 3.05) is 20.0 Å². The number of thioether (sulfide) groups is 1. The van der Waals surface area contributed by atoms with Gasteiger partial charge in [-0.3, -0.25) is 14.9 Å². The Labute approximate surface area is 163 Å². The van der Waals surface area contributed by atoms with E-state index in [1.807, 2.05) is 18.4 Å². The average Bonchev–Trinajstić information content (AvgIpc) is 3.02. The third kappa shape index (κ3) is 4.26. The topological polar surface area (TPSA) is 86.7 Å². The first-order valence-corrected chi connectivity index (χ1v) is 10.1. The monoisotopic (exact) mass is 403 g/mol. The highest BCUT2D eigenvalue weighted by Gasteiger charge is 2.13. The minimum Gasteiger partial charge on any atom is -0.383 e. The lowest BCUT2D eigenvalue weighted by Gasteiger charge is -2.04. The van der Waals surface area contributed by atoms with Gasteiger partial charge < -0.3 is 9.30 Å². The summed E-state index contributed by atoms with van der Waals surface area (Å²) in [5, 5.41) is 11.1. The largest absolute Gasteiger partial charge is 0.383 e. The highest BCUT2D eigenvalue weighted by Crippen LogP contribution is 2.23. The summed E-state index contributed by atoms with van der Waals surface area (Å²) in [7, 11) is 1.58. The van der Waals surface area contributed by atoms with E-state index in [0.29, 0.717) is 29.0 Å². The predicted octanol–water partition coefficient (Wildman–Crippen LogP) is 3.72. The van der Waals surface area contributed by atoms with E-state index in [-0.39, 0.29) is 11.6 Å². The number of amides is 1. The molecule has 2 aromatic carbocycles. The summed E-state index contributed by atoms with van der Waals surface area (Å²) >= 11 is 2.92. The summed E-state index contributed by atoms with van der Waals surface area (Å²) in [6, 6.07) is 11.9. The van der Waals surface area contributed by atoms with E-state index in [2.05, 4.69) is 4.99 Å². The van der Waals surface area contributed by atoms with Gasteiger partial charge in [-0.25, -0.2) is 0 Å². The molecule has 0 bridgehead atoms. The molecule has 0 aliphatic rings. The number of hydrogen-bond donors (Lipinski definition) is 0. The van der Waals surface area contributed by atoms with E-state index in [0.717, 1.165) is 9.60 Å². The normalized spacial score (nSPS) is 11.9. The lowest BCUT2D eigenvalue weighted by Crippen LogP contribution is -2.19. The van der Waals surface area contributed by atoms with E-state index in [1.165, 1.54) is 23.5 Å². The summed E-state index contributed by atoms with van der Waals surface area (Å²) in [6.07, 6.45) is 1.97. The SMILES string of the molecule is COCCn1c(=NC(=O)c2ccc(SC)cc2)sc2ccc([N+](=O)[O-])cc21. The van der Waals surface area contributed by atoms with Crippen LogP contribution in [-0.2, 0) is 11.3 Å². The molecule has 0 saturated heterocycles. The van der Waals surface area contributed by atoms with Crippen molar-refractivity contribution in [3.8, 4) is 0 Å². The first kappa shape index (κ1) is 19.3. The van der Waals surface area contributed by atoms with Crippen LogP contribution in [-0.4, -0.2) is 35.4 Å². The average molecular weight is 403 g/mol. The van der Waals surface area contributed by atoms with Crippen molar-refractivity contribution in [2.45, 2.75) is 11.4 Å². The molecule has 1 heterocycles. The Morgan fingerprint density at radius 1 is 1.30 bits per heavy atom. The minimum atomic E-state index is -0.437. The zero-order valence-corrected chi connectivity index (χ0v) is 16.4. The van der Waals surface area contributed by atoms with Crippen molar-refractivity contribution in [1.29, 1.82) is 0 Å². The van der Waals surface area contributed by atoms with Crippen molar-refractivity contribution < 1.29 is 14.5 Å². The third-order valence-corrected chi connectivity index (χ3v) is 5.73. The number of thiazole rings is 1. The van der Waals surface area contributed by atoms with Crippen LogP contribution in [0.3, 0.4) is 0 Å². The number of nitrogens with zero attached hydrogens (tertiary/aromatic N) is 3. The maximum atomic E-state index is 12.6. The fourth-order valence-corrected chi connectivity index (χ4v) is 3.98. The van der Waals surface area contributed by atoms with Gasteiger partial charge in [-0.1, -0.05) is 11.3 Å². The minimum absolute atomic E-state index is 0.00278. The van der Waals surface area contributed by atoms with Crippen molar-refractivity contribution in [3.05, 3.63) is 62.9 Å². The smallest absolute Gasteiger partial charge is 0.279 e. The van der Waals surface area contributed by atoms with Crippen LogP contribution in [0.4, 0.5) is 5.69 Å². The lowest BCUT2D eigenvalue weighted by molar-refractivity contribution is -0.384. The quantitative estimate of drug-likeness (QED) is 0.356. The molecule has 27 heavy (non-hydrogen) atoms. The van der Waals surface area contributed by atoms with Crippen molar-refractivity contribution in [2.24, 2.45) is 4.99 Å². The van der Waals surface area contributed by atoms with Crippen LogP contribution in [0.1, 0.15) is 10.4 Å². The summed E-state index contributed by atoms with van der Waals surface area (Å²) in [5.74, 6) is -0.352. The predicted molar refractivity (Wildman–Crippen MR) is 106 cm³/mol. The van der Waals surface area contributed by atoms with E-state index >= 15 is 0 Å². The van der Waals surface area contributed by atoms with Crippen molar-refractivity contribution in [3.63, 3.8) is 0 Å². The molecule has 3 aromatic rings. The molecule has 140 valence electrons. The van der Waals surface area contributed by atoms with Gasteiger partial charge in [0.05, 0.1) is 21.7 Å². The molecular formula is C18H17N3O4S2. The van der Waals surface area contributed by atoms with Crippen LogP contribution in [0.2, 0.25) is 0 Å². The zero-order chi connectivity index (χ0) is 19.4. The van der Waals surface area contributed by atoms with E-state index in [1.54, 1.807) is 41.6 Å². The molecule has 1 amide bonds. The van der Waals surface area contributed by atoms with Gasteiger partial charge in [0.2, 0.25) is 0 Å². The first-order valence-electron chi connectivity index (χ1n) is 8.03. The van der Waals surface area contributed by atoms with Gasteiger partial charge >= 0.3 is 0 Å². The number of carbonyl (C=O) groups is 1. The molecule has 1 aromatic heterocycles. The van der Waals surface area contributed by atoms with Crippen molar-refractivity contribution >= 4 is 44.9 Å². The molecule has 0 aliphatic carbocycles. The van der Waals surface area contributed by atoms with Gasteiger partial charge in [-0.05, 0) is 36.6 Å². The maximum absolute atomic E-state index is 12.6. The molecule has 0 saturated carbocycles. The number of nitro benzene ring substituents is 1. The molecular weight excluding hydrogens is 386 g/mol. The number of methoxy groups -OCH3 is 1. The molecule has 7 nitrogen and oxygen atoms in total. The van der Waals surface area contributed by atoms with E-state index in [9.17, 15) is 14.9 Å². The number of carbonyl (C=O) groups excluding carboxylic acids is 1. The van der Waals surface area contributed by atoms with Crippen LogP contribution in [0.25, 0.3) is 10.2 Å². The molecule has 0 aliphatic heterocycles. The molecule has 0 radical (unpaired) electrons. The Morgan fingerprint density at radius 2 is 2.04 bits per heavy atom. The van der Waals surface area contributed by atoms with E-state index < -0.39 is 4.92 Å². The highest BCUT2D eigenvalue weighted by molar-refractivity contribution is 7.98. The number of aromatic nitrogens is 1. The summed E-state index contributed by atoms with van der Waals surface area (Å²) in [5.41, 5.74) is 1.15. The molecule has 9 heteroatoms. The number of benzene rings is 2.